The van der Waals surface area contributed by atoms with Crippen molar-refractivity contribution in [1.82, 2.24) is 5.32 Å². The predicted molar refractivity (Wildman–Crippen MR) is 337 cm³/mol. The molecule has 0 aromatic carbocycles. The Labute approximate surface area is 482 Å². The number of carbonyl (C=O) groups excluding carboxylic acids is 1. The largest absolute Gasteiger partial charge is 0.472 e. The van der Waals surface area contributed by atoms with Gasteiger partial charge in [0.05, 0.1) is 39.9 Å². The first-order chi connectivity index (χ1) is 37.5. The van der Waals surface area contributed by atoms with Gasteiger partial charge in [0, 0.05) is 6.42 Å². The zero-order valence-corrected chi connectivity index (χ0v) is 53.6. The minimum absolute atomic E-state index is 0.0782. The summed E-state index contributed by atoms with van der Waals surface area (Å²) in [6, 6.07) is -0.758. The molecule has 0 saturated heterocycles. The second-order valence-electron chi connectivity index (χ2n) is 25.3. The summed E-state index contributed by atoms with van der Waals surface area (Å²) in [6.45, 7) is 4.96. The van der Waals surface area contributed by atoms with Crippen LogP contribution in [0.5, 0.6) is 0 Å². The molecule has 0 spiro atoms. The number of hydrogen-bond acceptors (Lipinski definition) is 5. The van der Waals surface area contributed by atoms with Gasteiger partial charge >= 0.3 is 7.82 Å². The number of quaternary nitrogens is 1. The van der Waals surface area contributed by atoms with Crippen molar-refractivity contribution in [2.45, 2.75) is 379 Å². The molecule has 0 aromatic heterocycles. The first-order valence-corrected chi connectivity index (χ1v) is 36.0. The third kappa shape index (κ3) is 62.7. The number of aliphatic hydroxyl groups is 1. The van der Waals surface area contributed by atoms with Gasteiger partial charge in [-0.2, -0.15) is 0 Å². The van der Waals surface area contributed by atoms with E-state index in [1.807, 2.05) is 21.1 Å². The highest BCUT2D eigenvalue weighted by Crippen LogP contribution is 2.43. The van der Waals surface area contributed by atoms with E-state index in [0.29, 0.717) is 23.9 Å². The van der Waals surface area contributed by atoms with Crippen LogP contribution in [0.25, 0.3) is 0 Å². The molecule has 0 aliphatic carbocycles. The maximum Gasteiger partial charge on any atom is 0.472 e. The van der Waals surface area contributed by atoms with E-state index < -0.39 is 20.0 Å². The van der Waals surface area contributed by atoms with Gasteiger partial charge in [-0.15, -0.1) is 0 Å². The van der Waals surface area contributed by atoms with Gasteiger partial charge in [-0.05, 0) is 38.5 Å². The lowest BCUT2D eigenvalue weighted by atomic mass is 10.0. The number of amides is 1. The molecule has 0 saturated carbocycles. The monoisotopic (exact) mass is 1110 g/mol. The zero-order valence-electron chi connectivity index (χ0n) is 52.7. The van der Waals surface area contributed by atoms with E-state index in [1.54, 1.807) is 0 Å². The number of aliphatic hydroxyl groups excluding tert-OH is 1. The molecular formula is C68H138N2O6P+. The number of allylic oxidation sites excluding steroid dienone is 2. The lowest BCUT2D eigenvalue weighted by Crippen LogP contribution is -2.46. The van der Waals surface area contributed by atoms with Crippen molar-refractivity contribution in [3.8, 4) is 0 Å². The molecule has 0 aliphatic heterocycles. The minimum Gasteiger partial charge on any atom is -0.391 e. The lowest BCUT2D eigenvalue weighted by molar-refractivity contribution is -0.870. The van der Waals surface area contributed by atoms with Crippen molar-refractivity contribution in [2.24, 2.45) is 0 Å². The molecule has 9 heteroatoms. The van der Waals surface area contributed by atoms with E-state index in [1.165, 1.54) is 302 Å². The molecule has 3 atom stereocenters. The van der Waals surface area contributed by atoms with Gasteiger partial charge in [0.15, 0.2) is 0 Å². The molecule has 0 bridgehead atoms. The average Bonchev–Trinajstić information content (AvgIpc) is 3.39. The molecule has 0 heterocycles. The van der Waals surface area contributed by atoms with Crippen molar-refractivity contribution in [1.29, 1.82) is 0 Å². The Kier molecular flexibility index (Phi) is 59.3. The number of hydrogen-bond donors (Lipinski definition) is 3. The Balaban J connectivity index is 4.01. The van der Waals surface area contributed by atoms with Crippen molar-refractivity contribution in [3.05, 3.63) is 12.2 Å². The summed E-state index contributed by atoms with van der Waals surface area (Å²) in [5.41, 5.74) is 0. The van der Waals surface area contributed by atoms with Gasteiger partial charge in [0.2, 0.25) is 5.91 Å². The number of unbranched alkanes of at least 4 members (excludes halogenated alkanes) is 50. The third-order valence-electron chi connectivity index (χ3n) is 16.3. The fraction of sp³-hybridized carbons (Fsp3) is 0.956. The number of nitrogens with one attached hydrogen (secondary N) is 1. The maximum atomic E-state index is 13.1. The standard InChI is InChI=1S/C68H137N2O6P/c1-6-8-10-12-14-16-18-20-22-24-26-28-30-32-34-35-36-38-40-42-44-46-48-50-52-54-56-58-60-62-68(72)69-66(65-76-77(73,74)75-64-63-70(3,4)5)67(71)61-59-57-55-53-51-49-47-45-43-41-39-37-33-31-29-27-25-23-21-19-17-15-13-11-9-7-2/h24,26,66-67,71H,6-23,25,27-65H2,1-5H3,(H-,69,72,73,74)/p+1/b26-24-. The molecular weight excluding hydrogens is 972 g/mol. The fourth-order valence-corrected chi connectivity index (χ4v) is 11.6. The molecule has 0 aliphatic rings. The predicted octanol–water partition coefficient (Wildman–Crippen LogP) is 21.7. The number of carbonyl (C=O) groups is 1. The van der Waals surface area contributed by atoms with Gasteiger partial charge in [0.1, 0.15) is 13.2 Å². The van der Waals surface area contributed by atoms with Gasteiger partial charge in [-0.1, -0.05) is 334 Å². The van der Waals surface area contributed by atoms with Gasteiger partial charge in [0.25, 0.3) is 0 Å². The van der Waals surface area contributed by atoms with E-state index in [2.05, 4.69) is 31.3 Å². The molecule has 0 aromatic rings. The normalized spacial score (nSPS) is 13.7. The van der Waals surface area contributed by atoms with Crippen LogP contribution in [0.1, 0.15) is 367 Å². The van der Waals surface area contributed by atoms with E-state index in [9.17, 15) is 19.4 Å². The third-order valence-corrected chi connectivity index (χ3v) is 17.2. The molecule has 3 N–H and O–H groups in total. The highest BCUT2D eigenvalue weighted by atomic mass is 31.2. The fourth-order valence-electron chi connectivity index (χ4n) is 10.9. The number of rotatable bonds is 65. The zero-order chi connectivity index (χ0) is 56.3. The summed E-state index contributed by atoms with van der Waals surface area (Å²) in [7, 11) is 1.64. The SMILES string of the molecule is CCCCCCCCCC/C=C\CCCCCCCCCCCCCCCCCCCC(=O)NC(COP(=O)(O)OCC[N+](C)(C)C)C(O)CCCCCCCCCCCCCCCCCCCCCCCCCCCC. The summed E-state index contributed by atoms with van der Waals surface area (Å²) in [5, 5.41) is 14.2. The lowest BCUT2D eigenvalue weighted by Gasteiger charge is -2.26. The van der Waals surface area contributed by atoms with Crippen LogP contribution in [0.3, 0.4) is 0 Å². The number of likely N-dealkylation sites (N-methyl/N-ethyl adjacent to an activating group) is 1. The van der Waals surface area contributed by atoms with Crippen molar-refractivity contribution in [3.63, 3.8) is 0 Å². The minimum atomic E-state index is -4.33. The Morgan fingerprint density at radius 3 is 1.00 bits per heavy atom. The highest BCUT2D eigenvalue weighted by Gasteiger charge is 2.28. The molecule has 0 rings (SSSR count). The van der Waals surface area contributed by atoms with Crippen LogP contribution in [0.2, 0.25) is 0 Å². The molecule has 8 nitrogen and oxygen atoms in total. The molecule has 77 heavy (non-hydrogen) atoms. The Bertz CT molecular complexity index is 1260. The number of nitrogens with zero attached hydrogens (tertiary/aromatic N) is 1. The molecule has 3 unspecified atom stereocenters. The maximum absolute atomic E-state index is 13.1. The number of phosphoric acid groups is 1. The van der Waals surface area contributed by atoms with Crippen LogP contribution in [0.4, 0.5) is 0 Å². The van der Waals surface area contributed by atoms with E-state index >= 15 is 0 Å². The molecule has 460 valence electrons. The van der Waals surface area contributed by atoms with E-state index in [-0.39, 0.29) is 19.1 Å². The van der Waals surface area contributed by atoms with Crippen LogP contribution in [-0.4, -0.2) is 73.4 Å². The Hall–Kier alpha value is -0.760. The van der Waals surface area contributed by atoms with Crippen LogP contribution < -0.4 is 5.32 Å². The molecule has 0 radical (unpaired) electrons. The van der Waals surface area contributed by atoms with Crippen LogP contribution in [0, 0.1) is 0 Å². The van der Waals surface area contributed by atoms with Gasteiger partial charge < -0.3 is 19.8 Å². The molecule has 1 amide bonds. The summed E-state index contributed by atoms with van der Waals surface area (Å²) in [4.78, 5) is 23.4. The van der Waals surface area contributed by atoms with Crippen molar-refractivity contribution >= 4 is 13.7 Å². The van der Waals surface area contributed by atoms with E-state index in [4.69, 9.17) is 9.05 Å². The summed E-state index contributed by atoms with van der Waals surface area (Å²) < 4.78 is 23.9. The van der Waals surface area contributed by atoms with Crippen molar-refractivity contribution in [2.75, 3.05) is 40.9 Å². The quantitative estimate of drug-likeness (QED) is 0.0243. The summed E-state index contributed by atoms with van der Waals surface area (Å²) in [6.07, 6.45) is 75.9. The first kappa shape index (κ1) is 76.2. The first-order valence-electron chi connectivity index (χ1n) is 34.6. The second kappa shape index (κ2) is 59.8. The van der Waals surface area contributed by atoms with Gasteiger partial charge in [-0.3, -0.25) is 13.8 Å². The topological polar surface area (TPSA) is 105 Å². The highest BCUT2D eigenvalue weighted by molar-refractivity contribution is 7.47. The molecule has 0 fully saturated rings. The summed E-state index contributed by atoms with van der Waals surface area (Å²) >= 11 is 0. The Morgan fingerprint density at radius 1 is 0.429 bits per heavy atom. The second-order valence-corrected chi connectivity index (χ2v) is 26.7. The van der Waals surface area contributed by atoms with E-state index in [0.717, 1.165) is 38.5 Å². The van der Waals surface area contributed by atoms with Crippen LogP contribution in [0.15, 0.2) is 12.2 Å². The van der Waals surface area contributed by atoms with Crippen LogP contribution in [-0.2, 0) is 18.4 Å². The number of phosphoric ester groups is 1. The van der Waals surface area contributed by atoms with Crippen LogP contribution >= 0.6 is 7.82 Å². The average molecular weight is 1110 g/mol. The van der Waals surface area contributed by atoms with Gasteiger partial charge in [-0.25, -0.2) is 4.57 Å². The summed E-state index contributed by atoms with van der Waals surface area (Å²) in [5.74, 6) is -0.135. The smallest absolute Gasteiger partial charge is 0.391 e. The van der Waals surface area contributed by atoms with Crippen molar-refractivity contribution < 1.29 is 32.9 Å². The Morgan fingerprint density at radius 2 is 0.701 bits per heavy atom.